The Labute approximate surface area is 109 Å². The topological polar surface area (TPSA) is 12.0 Å². The molecule has 0 radical (unpaired) electrons. The van der Waals surface area contributed by atoms with E-state index >= 15 is 0 Å². The molecular weight excluding hydrogens is 206 g/mol. The van der Waals surface area contributed by atoms with Crippen molar-refractivity contribution in [3.8, 4) is 0 Å². The van der Waals surface area contributed by atoms with Crippen molar-refractivity contribution in [3.05, 3.63) is 0 Å². The van der Waals surface area contributed by atoms with Crippen molar-refractivity contribution in [2.24, 2.45) is 11.3 Å². The fraction of sp³-hybridized carbons (Fsp3) is 1.00. The van der Waals surface area contributed by atoms with E-state index in [9.17, 15) is 0 Å². The molecule has 0 heterocycles. The average Bonchev–Trinajstić information content (AvgIpc) is 2.84. The molecule has 1 fully saturated rings. The maximum atomic E-state index is 3.91. The van der Waals surface area contributed by atoms with Gasteiger partial charge in [0.05, 0.1) is 0 Å². The molecule has 1 rings (SSSR count). The normalized spacial score (nSPS) is 21.0. The number of nitrogens with one attached hydrogen (secondary N) is 1. The van der Waals surface area contributed by atoms with Crippen molar-refractivity contribution in [1.29, 1.82) is 0 Å². The van der Waals surface area contributed by atoms with Crippen molar-refractivity contribution < 1.29 is 0 Å². The lowest BCUT2D eigenvalue weighted by molar-refractivity contribution is 0.126. The summed E-state index contributed by atoms with van der Waals surface area (Å²) in [5.41, 5.74) is 0.617. The second-order valence-electron chi connectivity index (χ2n) is 5.93. The minimum absolute atomic E-state index is 0.617. The summed E-state index contributed by atoms with van der Waals surface area (Å²) in [4.78, 5) is 0. The van der Waals surface area contributed by atoms with Crippen LogP contribution in [0.1, 0.15) is 79.1 Å². The molecule has 0 aromatic heterocycles. The Balaban J connectivity index is 2.78. The summed E-state index contributed by atoms with van der Waals surface area (Å²) < 4.78 is 0. The van der Waals surface area contributed by atoms with Gasteiger partial charge in [-0.05, 0) is 43.6 Å². The molecule has 0 spiro atoms. The summed E-state index contributed by atoms with van der Waals surface area (Å²) in [6, 6.07) is 0.768. The van der Waals surface area contributed by atoms with E-state index in [0.29, 0.717) is 5.41 Å². The van der Waals surface area contributed by atoms with E-state index in [1.165, 1.54) is 57.9 Å². The summed E-state index contributed by atoms with van der Waals surface area (Å²) in [7, 11) is 0. The predicted octanol–water partition coefficient (Wildman–Crippen LogP) is 4.76. The Bertz CT molecular complexity index is 190. The Morgan fingerprint density at radius 3 is 2.00 bits per heavy atom. The smallest absolute Gasteiger partial charge is 0.0151 e. The summed E-state index contributed by atoms with van der Waals surface area (Å²) in [6.07, 6.45) is 11.1. The SMILES string of the molecule is CCCNC(C(CC)CC)C1(CC)CCCC1. The monoisotopic (exact) mass is 239 g/mol. The lowest BCUT2D eigenvalue weighted by Crippen LogP contribution is -2.48. The van der Waals surface area contributed by atoms with E-state index in [0.717, 1.165) is 12.0 Å². The second-order valence-corrected chi connectivity index (χ2v) is 5.93. The van der Waals surface area contributed by atoms with E-state index in [1.54, 1.807) is 0 Å². The van der Waals surface area contributed by atoms with E-state index in [-0.39, 0.29) is 0 Å². The summed E-state index contributed by atoms with van der Waals surface area (Å²) in [6.45, 7) is 10.6. The molecule has 1 nitrogen and oxygen atoms in total. The molecule has 0 aliphatic heterocycles. The third-order valence-corrected chi connectivity index (χ3v) is 5.10. The molecule has 1 saturated carbocycles. The molecule has 1 aliphatic carbocycles. The molecule has 1 aliphatic rings. The minimum Gasteiger partial charge on any atom is -0.313 e. The van der Waals surface area contributed by atoms with Crippen molar-refractivity contribution in [2.75, 3.05) is 6.54 Å². The van der Waals surface area contributed by atoms with E-state index in [2.05, 4.69) is 33.0 Å². The third kappa shape index (κ3) is 3.47. The zero-order chi connectivity index (χ0) is 12.7. The molecule has 1 heteroatoms. The lowest BCUT2D eigenvalue weighted by Gasteiger charge is -2.42. The largest absolute Gasteiger partial charge is 0.313 e. The van der Waals surface area contributed by atoms with Gasteiger partial charge in [0.1, 0.15) is 0 Å². The molecule has 0 aromatic carbocycles. The van der Waals surface area contributed by atoms with Crippen LogP contribution in [-0.4, -0.2) is 12.6 Å². The summed E-state index contributed by atoms with van der Waals surface area (Å²) in [5, 5.41) is 3.91. The van der Waals surface area contributed by atoms with Crippen LogP contribution in [0.25, 0.3) is 0 Å². The summed E-state index contributed by atoms with van der Waals surface area (Å²) in [5.74, 6) is 0.875. The van der Waals surface area contributed by atoms with Gasteiger partial charge in [0.2, 0.25) is 0 Å². The highest BCUT2D eigenvalue weighted by molar-refractivity contribution is 4.96. The van der Waals surface area contributed by atoms with E-state index < -0.39 is 0 Å². The van der Waals surface area contributed by atoms with Crippen LogP contribution in [0.5, 0.6) is 0 Å². The standard InChI is InChI=1S/C16H33N/c1-5-13-17-15(14(6-2)7-3)16(8-4)11-9-10-12-16/h14-15,17H,5-13H2,1-4H3. The molecule has 0 bridgehead atoms. The van der Waals surface area contributed by atoms with Gasteiger partial charge in [0, 0.05) is 6.04 Å². The van der Waals surface area contributed by atoms with Crippen LogP contribution in [0.3, 0.4) is 0 Å². The highest BCUT2D eigenvalue weighted by Crippen LogP contribution is 2.46. The van der Waals surface area contributed by atoms with Gasteiger partial charge in [-0.25, -0.2) is 0 Å². The second kappa shape index (κ2) is 7.41. The molecule has 0 saturated heterocycles. The quantitative estimate of drug-likeness (QED) is 0.644. The van der Waals surface area contributed by atoms with Crippen LogP contribution in [-0.2, 0) is 0 Å². The average molecular weight is 239 g/mol. The van der Waals surface area contributed by atoms with Gasteiger partial charge in [-0.2, -0.15) is 0 Å². The lowest BCUT2D eigenvalue weighted by atomic mass is 9.69. The minimum atomic E-state index is 0.617. The zero-order valence-corrected chi connectivity index (χ0v) is 12.5. The van der Waals surface area contributed by atoms with Gasteiger partial charge < -0.3 is 5.32 Å². The maximum absolute atomic E-state index is 3.91. The highest BCUT2D eigenvalue weighted by Gasteiger charge is 2.41. The molecule has 1 unspecified atom stereocenters. The van der Waals surface area contributed by atoms with Gasteiger partial charge >= 0.3 is 0 Å². The molecule has 0 amide bonds. The van der Waals surface area contributed by atoms with Gasteiger partial charge in [0.15, 0.2) is 0 Å². The van der Waals surface area contributed by atoms with Gasteiger partial charge in [-0.15, -0.1) is 0 Å². The molecule has 1 atom stereocenters. The van der Waals surface area contributed by atoms with Crippen LogP contribution in [0, 0.1) is 11.3 Å². The van der Waals surface area contributed by atoms with Crippen LogP contribution in [0.2, 0.25) is 0 Å². The molecule has 17 heavy (non-hydrogen) atoms. The molecular formula is C16H33N. The number of hydrogen-bond donors (Lipinski definition) is 1. The molecule has 0 aromatic rings. The first-order chi connectivity index (χ1) is 8.24. The van der Waals surface area contributed by atoms with Crippen molar-refractivity contribution in [1.82, 2.24) is 5.32 Å². The first-order valence-corrected chi connectivity index (χ1v) is 7.97. The number of hydrogen-bond acceptors (Lipinski definition) is 1. The van der Waals surface area contributed by atoms with Gasteiger partial charge in [-0.3, -0.25) is 0 Å². The van der Waals surface area contributed by atoms with Crippen LogP contribution in [0.4, 0.5) is 0 Å². The molecule has 1 N–H and O–H groups in total. The maximum Gasteiger partial charge on any atom is 0.0151 e. The Morgan fingerprint density at radius 2 is 1.59 bits per heavy atom. The van der Waals surface area contributed by atoms with Crippen molar-refractivity contribution in [3.63, 3.8) is 0 Å². The van der Waals surface area contributed by atoms with Gasteiger partial charge in [-0.1, -0.05) is 53.4 Å². The van der Waals surface area contributed by atoms with Gasteiger partial charge in [0.25, 0.3) is 0 Å². The molecule has 102 valence electrons. The fourth-order valence-electron chi connectivity index (χ4n) is 3.91. The highest BCUT2D eigenvalue weighted by atomic mass is 14.9. The Morgan fingerprint density at radius 1 is 1.00 bits per heavy atom. The predicted molar refractivity (Wildman–Crippen MR) is 77.3 cm³/mol. The van der Waals surface area contributed by atoms with Crippen LogP contribution < -0.4 is 5.32 Å². The van der Waals surface area contributed by atoms with Crippen molar-refractivity contribution in [2.45, 2.75) is 85.1 Å². The first kappa shape index (κ1) is 15.0. The van der Waals surface area contributed by atoms with E-state index in [1.807, 2.05) is 0 Å². The van der Waals surface area contributed by atoms with Crippen LogP contribution >= 0.6 is 0 Å². The number of rotatable bonds is 8. The third-order valence-electron chi connectivity index (χ3n) is 5.10. The Hall–Kier alpha value is -0.0400. The zero-order valence-electron chi connectivity index (χ0n) is 12.5. The fourth-order valence-corrected chi connectivity index (χ4v) is 3.91. The van der Waals surface area contributed by atoms with E-state index in [4.69, 9.17) is 0 Å². The first-order valence-electron chi connectivity index (χ1n) is 7.97. The van der Waals surface area contributed by atoms with Crippen LogP contribution in [0.15, 0.2) is 0 Å². The summed E-state index contributed by atoms with van der Waals surface area (Å²) >= 11 is 0. The Kier molecular flexibility index (Phi) is 6.54. The van der Waals surface area contributed by atoms with Crippen molar-refractivity contribution >= 4 is 0 Å².